The highest BCUT2D eigenvalue weighted by molar-refractivity contribution is 5.80. The van der Waals surface area contributed by atoms with Gasteiger partial charge in [-0.3, -0.25) is 9.48 Å². The number of rotatable bonds is 5. The molecule has 90 valence electrons. The highest BCUT2D eigenvalue weighted by atomic mass is 16.1. The van der Waals surface area contributed by atoms with Crippen molar-refractivity contribution in [2.45, 2.75) is 19.5 Å². The zero-order chi connectivity index (χ0) is 12.3. The predicted octanol–water partition coefficient (Wildman–Crippen LogP) is -1.32. The second-order valence-corrected chi connectivity index (χ2v) is 3.71. The van der Waals surface area contributed by atoms with Crippen molar-refractivity contribution in [2.24, 2.45) is 12.8 Å². The number of aromatic nitrogens is 6. The van der Waals surface area contributed by atoms with Crippen LogP contribution in [0.5, 0.6) is 0 Å². The highest BCUT2D eigenvalue weighted by Crippen LogP contribution is 1.97. The molecule has 2 heterocycles. The zero-order valence-corrected chi connectivity index (χ0v) is 9.44. The molecule has 0 aromatic carbocycles. The average Bonchev–Trinajstić information content (AvgIpc) is 2.88. The first-order valence-electron chi connectivity index (χ1n) is 5.13. The van der Waals surface area contributed by atoms with Gasteiger partial charge in [-0.25, -0.2) is 4.68 Å². The van der Waals surface area contributed by atoms with E-state index in [2.05, 4.69) is 20.6 Å². The summed E-state index contributed by atoms with van der Waals surface area (Å²) in [5.74, 6) is -0.000952. The lowest BCUT2D eigenvalue weighted by Crippen LogP contribution is -2.13. The fraction of sp³-hybridized carbons (Fsp3) is 0.444. The van der Waals surface area contributed by atoms with Crippen LogP contribution in [-0.4, -0.2) is 35.8 Å². The molecule has 0 atom stereocenters. The minimum atomic E-state index is -0.000952. The summed E-state index contributed by atoms with van der Waals surface area (Å²) in [6.45, 7) is 0.488. The maximum Gasteiger partial charge on any atom is 0.160 e. The van der Waals surface area contributed by atoms with Crippen LogP contribution in [0.15, 0.2) is 12.4 Å². The standard InChI is InChI=1S/C9H13N7O/c1-15-4-7(11-13-15)2-9(17)6-16-5-8(3-10)12-14-16/h4-5H,2-3,6,10H2,1H3. The first-order chi connectivity index (χ1) is 8.17. The van der Waals surface area contributed by atoms with Gasteiger partial charge in [0.05, 0.1) is 24.0 Å². The second kappa shape index (κ2) is 4.83. The van der Waals surface area contributed by atoms with E-state index in [0.29, 0.717) is 17.9 Å². The zero-order valence-electron chi connectivity index (χ0n) is 9.44. The van der Waals surface area contributed by atoms with Crippen molar-refractivity contribution >= 4 is 5.78 Å². The molecule has 0 aliphatic carbocycles. The summed E-state index contributed by atoms with van der Waals surface area (Å²) in [7, 11) is 1.76. The molecule has 0 bridgehead atoms. The van der Waals surface area contributed by atoms with E-state index in [-0.39, 0.29) is 18.7 Å². The third-order valence-electron chi connectivity index (χ3n) is 2.16. The van der Waals surface area contributed by atoms with E-state index in [9.17, 15) is 4.79 Å². The fourth-order valence-corrected chi connectivity index (χ4v) is 1.42. The van der Waals surface area contributed by atoms with Crippen LogP contribution in [0, 0.1) is 0 Å². The van der Waals surface area contributed by atoms with E-state index in [1.165, 1.54) is 4.68 Å². The third kappa shape index (κ3) is 2.94. The molecule has 2 rings (SSSR count). The molecule has 0 saturated heterocycles. The van der Waals surface area contributed by atoms with Crippen molar-refractivity contribution in [1.29, 1.82) is 0 Å². The van der Waals surface area contributed by atoms with E-state index in [1.807, 2.05) is 0 Å². The van der Waals surface area contributed by atoms with Crippen LogP contribution >= 0.6 is 0 Å². The van der Waals surface area contributed by atoms with E-state index in [4.69, 9.17) is 5.73 Å². The summed E-state index contributed by atoms with van der Waals surface area (Å²) in [4.78, 5) is 11.7. The van der Waals surface area contributed by atoms with Gasteiger partial charge in [-0.1, -0.05) is 10.4 Å². The van der Waals surface area contributed by atoms with Crippen LogP contribution in [-0.2, 0) is 31.4 Å². The van der Waals surface area contributed by atoms with Crippen molar-refractivity contribution in [3.63, 3.8) is 0 Å². The summed E-state index contributed by atoms with van der Waals surface area (Å²) >= 11 is 0. The average molecular weight is 235 g/mol. The molecule has 2 aromatic rings. The van der Waals surface area contributed by atoms with Crippen LogP contribution < -0.4 is 5.73 Å². The molecule has 0 radical (unpaired) electrons. The van der Waals surface area contributed by atoms with E-state index in [0.717, 1.165) is 0 Å². The van der Waals surface area contributed by atoms with Crippen LogP contribution in [0.4, 0.5) is 0 Å². The Bertz CT molecular complexity index is 515. The number of Topliss-reactive ketones (excluding diaryl/α,β-unsaturated/α-hetero) is 1. The normalized spacial score (nSPS) is 10.7. The number of hydrogen-bond donors (Lipinski definition) is 1. The Balaban J connectivity index is 1.93. The molecule has 0 spiro atoms. The van der Waals surface area contributed by atoms with E-state index >= 15 is 0 Å². The van der Waals surface area contributed by atoms with Gasteiger partial charge in [-0.15, -0.1) is 10.2 Å². The molecule has 2 N–H and O–H groups in total. The number of ketones is 1. The van der Waals surface area contributed by atoms with Gasteiger partial charge in [0.1, 0.15) is 6.54 Å². The van der Waals surface area contributed by atoms with Gasteiger partial charge in [0, 0.05) is 19.8 Å². The van der Waals surface area contributed by atoms with Gasteiger partial charge in [-0.05, 0) is 0 Å². The van der Waals surface area contributed by atoms with Crippen molar-refractivity contribution in [3.05, 3.63) is 23.8 Å². The molecule has 0 fully saturated rings. The Hall–Kier alpha value is -2.09. The van der Waals surface area contributed by atoms with Crippen molar-refractivity contribution in [3.8, 4) is 0 Å². The summed E-state index contributed by atoms with van der Waals surface area (Å²) in [6, 6.07) is 0. The molecule has 8 nitrogen and oxygen atoms in total. The van der Waals surface area contributed by atoms with Gasteiger partial charge in [0.15, 0.2) is 5.78 Å². The Labute approximate surface area is 97.4 Å². The summed E-state index contributed by atoms with van der Waals surface area (Å²) in [5.41, 5.74) is 6.71. The minimum Gasteiger partial charge on any atom is -0.325 e. The van der Waals surface area contributed by atoms with Crippen LogP contribution in [0.1, 0.15) is 11.4 Å². The quantitative estimate of drug-likeness (QED) is 0.689. The number of hydrogen-bond acceptors (Lipinski definition) is 6. The Kier molecular flexibility index (Phi) is 3.24. The molecule has 8 heteroatoms. The smallest absolute Gasteiger partial charge is 0.160 e. The highest BCUT2D eigenvalue weighted by Gasteiger charge is 2.09. The largest absolute Gasteiger partial charge is 0.325 e. The molecule has 0 amide bonds. The molecule has 0 aliphatic heterocycles. The van der Waals surface area contributed by atoms with E-state index < -0.39 is 0 Å². The van der Waals surface area contributed by atoms with Gasteiger partial charge >= 0.3 is 0 Å². The third-order valence-corrected chi connectivity index (χ3v) is 2.16. The second-order valence-electron chi connectivity index (χ2n) is 3.71. The lowest BCUT2D eigenvalue weighted by molar-refractivity contribution is -0.119. The number of carbonyl (C=O) groups excluding carboxylic acids is 1. The van der Waals surface area contributed by atoms with Gasteiger partial charge in [0.2, 0.25) is 0 Å². The van der Waals surface area contributed by atoms with Crippen LogP contribution in [0.2, 0.25) is 0 Å². The maximum atomic E-state index is 11.7. The summed E-state index contributed by atoms with van der Waals surface area (Å²) in [5, 5.41) is 15.2. The molecule has 0 aliphatic rings. The summed E-state index contributed by atoms with van der Waals surface area (Å²) < 4.78 is 3.03. The van der Waals surface area contributed by atoms with Gasteiger partial charge < -0.3 is 5.73 Å². The fourth-order valence-electron chi connectivity index (χ4n) is 1.42. The Morgan fingerprint density at radius 2 is 2.06 bits per heavy atom. The van der Waals surface area contributed by atoms with Gasteiger partial charge in [-0.2, -0.15) is 0 Å². The number of nitrogens with zero attached hydrogens (tertiary/aromatic N) is 6. The SMILES string of the molecule is Cn1cc(CC(=O)Cn2cc(CN)nn2)nn1. The number of nitrogens with two attached hydrogens (primary N) is 1. The lowest BCUT2D eigenvalue weighted by atomic mass is 10.2. The van der Waals surface area contributed by atoms with Crippen molar-refractivity contribution in [2.75, 3.05) is 0 Å². The Morgan fingerprint density at radius 1 is 1.29 bits per heavy atom. The van der Waals surface area contributed by atoms with Gasteiger partial charge in [0.25, 0.3) is 0 Å². The minimum absolute atomic E-state index is 0.000952. The topological polar surface area (TPSA) is 105 Å². The molecule has 0 saturated carbocycles. The van der Waals surface area contributed by atoms with E-state index in [1.54, 1.807) is 24.1 Å². The molecular formula is C9H13N7O. The summed E-state index contributed by atoms with van der Waals surface area (Å²) in [6.07, 6.45) is 3.62. The first-order valence-corrected chi connectivity index (χ1v) is 5.13. The molecular weight excluding hydrogens is 222 g/mol. The maximum absolute atomic E-state index is 11.7. The molecule has 17 heavy (non-hydrogen) atoms. The van der Waals surface area contributed by atoms with Crippen LogP contribution in [0.25, 0.3) is 0 Å². The number of aryl methyl sites for hydroxylation is 1. The van der Waals surface area contributed by atoms with Crippen LogP contribution in [0.3, 0.4) is 0 Å². The first kappa shape index (κ1) is 11.4. The van der Waals surface area contributed by atoms with Crippen molar-refractivity contribution < 1.29 is 4.79 Å². The van der Waals surface area contributed by atoms with Crippen molar-refractivity contribution in [1.82, 2.24) is 30.0 Å². The number of carbonyl (C=O) groups is 1. The molecule has 0 unspecified atom stereocenters. The Morgan fingerprint density at radius 3 is 2.65 bits per heavy atom. The predicted molar refractivity (Wildman–Crippen MR) is 57.6 cm³/mol. The molecule has 2 aromatic heterocycles. The lowest BCUT2D eigenvalue weighted by Gasteiger charge is -1.97. The monoisotopic (exact) mass is 235 g/mol.